The molecule has 5 rings (SSSR count). The largest absolute Gasteiger partial charge is 0.481 e. The molecule has 2 aliphatic heterocycles. The summed E-state index contributed by atoms with van der Waals surface area (Å²) in [6.07, 6.45) is 4.40. The third kappa shape index (κ3) is 4.97. The van der Waals surface area contributed by atoms with Gasteiger partial charge in [-0.15, -0.1) is 0 Å². The molecule has 2 fully saturated rings. The van der Waals surface area contributed by atoms with E-state index in [1.54, 1.807) is 6.07 Å². The molecule has 0 aliphatic carbocycles. The van der Waals surface area contributed by atoms with E-state index in [1.807, 2.05) is 36.9 Å². The summed E-state index contributed by atoms with van der Waals surface area (Å²) >= 11 is 12.6. The van der Waals surface area contributed by atoms with Crippen LogP contribution in [-0.2, 0) is 4.79 Å². The zero-order valence-corrected chi connectivity index (χ0v) is 21.5. The number of likely N-dealkylation sites (tertiary alicyclic amines) is 1. The van der Waals surface area contributed by atoms with E-state index >= 15 is 0 Å². The Morgan fingerprint density at radius 3 is 2.77 bits per heavy atom. The third-order valence-corrected chi connectivity index (χ3v) is 7.98. The highest BCUT2D eigenvalue weighted by Crippen LogP contribution is 2.35. The number of aliphatic carboxylic acids is 1. The number of hydrogen-bond donors (Lipinski definition) is 1. The van der Waals surface area contributed by atoms with Crippen LogP contribution >= 0.6 is 23.2 Å². The average Bonchev–Trinajstić information content (AvgIpc) is 3.12. The van der Waals surface area contributed by atoms with Crippen LogP contribution in [0.3, 0.4) is 0 Å². The minimum Gasteiger partial charge on any atom is -0.481 e. The predicted molar refractivity (Wildman–Crippen MR) is 137 cm³/mol. The Kier molecular flexibility index (Phi) is 6.88. The monoisotopic (exact) mass is 516 g/mol. The van der Waals surface area contributed by atoms with Gasteiger partial charge in [0, 0.05) is 36.2 Å². The minimum atomic E-state index is -0.724. The Balaban J connectivity index is 1.30. The van der Waals surface area contributed by atoms with Crippen LogP contribution in [0.5, 0.6) is 0 Å². The van der Waals surface area contributed by atoms with Crippen molar-refractivity contribution in [1.82, 2.24) is 24.6 Å². The van der Waals surface area contributed by atoms with E-state index in [4.69, 9.17) is 43.4 Å². The Hall–Kier alpha value is -2.42. The van der Waals surface area contributed by atoms with Crippen LogP contribution in [0.4, 0.5) is 5.82 Å². The van der Waals surface area contributed by atoms with E-state index in [0.29, 0.717) is 28.4 Å². The second-order valence-corrected chi connectivity index (χ2v) is 10.6. The first-order valence-electron chi connectivity index (χ1n) is 12.2. The van der Waals surface area contributed by atoms with Crippen LogP contribution in [0.15, 0.2) is 24.4 Å². The molecular formula is C25H30Cl2N6O2. The van der Waals surface area contributed by atoms with Crippen LogP contribution in [0.25, 0.3) is 11.2 Å². The van der Waals surface area contributed by atoms with Gasteiger partial charge in [-0.2, -0.15) is 5.10 Å². The second-order valence-electron chi connectivity index (χ2n) is 9.78. The number of anilines is 1. The van der Waals surface area contributed by atoms with Gasteiger partial charge in [0.1, 0.15) is 11.3 Å². The molecule has 186 valence electrons. The number of fused-ring (bicyclic) bond motifs is 1. The molecule has 2 aromatic heterocycles. The highest BCUT2D eigenvalue weighted by atomic mass is 35.5. The molecule has 3 aromatic rings. The van der Waals surface area contributed by atoms with E-state index in [2.05, 4.69) is 9.80 Å². The molecule has 8 nitrogen and oxygen atoms in total. The molecule has 0 amide bonds. The lowest BCUT2D eigenvalue weighted by Crippen LogP contribution is -2.54. The number of rotatable bonds is 7. The number of benzene rings is 1. The van der Waals surface area contributed by atoms with Crippen molar-refractivity contribution in [2.75, 3.05) is 37.6 Å². The lowest BCUT2D eigenvalue weighted by Gasteiger charge is -2.47. The summed E-state index contributed by atoms with van der Waals surface area (Å²) in [5, 5.41) is 14.9. The lowest BCUT2D eigenvalue weighted by atomic mass is 9.80. The number of nitrogens with zero attached hydrogens (tertiary/aromatic N) is 6. The first kappa shape index (κ1) is 24.3. The van der Waals surface area contributed by atoms with Crippen molar-refractivity contribution in [3.8, 4) is 0 Å². The maximum atomic E-state index is 10.9. The average molecular weight is 517 g/mol. The first-order chi connectivity index (χ1) is 16.8. The number of piperidine rings is 1. The third-order valence-electron chi connectivity index (χ3n) is 7.42. The van der Waals surface area contributed by atoms with Gasteiger partial charge >= 0.3 is 5.97 Å². The molecule has 0 bridgehead atoms. The molecule has 2 atom stereocenters. The summed E-state index contributed by atoms with van der Waals surface area (Å²) in [5.41, 5.74) is 3.31. The van der Waals surface area contributed by atoms with Crippen LogP contribution < -0.4 is 4.90 Å². The van der Waals surface area contributed by atoms with Gasteiger partial charge in [-0.1, -0.05) is 29.3 Å². The molecule has 35 heavy (non-hydrogen) atoms. The molecule has 0 radical (unpaired) electrons. The van der Waals surface area contributed by atoms with Gasteiger partial charge in [0.15, 0.2) is 5.65 Å². The highest BCUT2D eigenvalue weighted by molar-refractivity contribution is 6.35. The van der Waals surface area contributed by atoms with E-state index in [-0.39, 0.29) is 12.5 Å². The Morgan fingerprint density at radius 2 is 2.03 bits per heavy atom. The standard InChI is InChI=1S/C25H30Cl2N6O2/c1-15-24-25(33(30-15)16(2)20-6-5-19(26)10-21(20)27)29-22(11-28-24)32-13-18(14-32)17-4-3-8-31(12-17)9-7-23(34)35/h5-6,10-11,16-18H,3-4,7-9,12-14H2,1-2H3,(H,34,35)/t16?,17-/m0/s1. The fourth-order valence-electron chi connectivity index (χ4n) is 5.37. The summed E-state index contributed by atoms with van der Waals surface area (Å²) in [7, 11) is 0. The van der Waals surface area contributed by atoms with E-state index in [0.717, 1.165) is 60.8 Å². The van der Waals surface area contributed by atoms with Crippen LogP contribution in [0, 0.1) is 18.8 Å². The Bertz CT molecular complexity index is 1240. The summed E-state index contributed by atoms with van der Waals surface area (Å²) in [6.45, 7) is 8.52. The molecule has 2 aliphatic rings. The van der Waals surface area contributed by atoms with Gasteiger partial charge in [0.25, 0.3) is 0 Å². The van der Waals surface area contributed by atoms with Crippen molar-refractivity contribution < 1.29 is 9.90 Å². The highest BCUT2D eigenvalue weighted by Gasteiger charge is 2.36. The van der Waals surface area contributed by atoms with Gasteiger partial charge in [0.05, 0.1) is 24.4 Å². The Labute approximate surface area is 214 Å². The van der Waals surface area contributed by atoms with Gasteiger partial charge in [0.2, 0.25) is 0 Å². The van der Waals surface area contributed by atoms with E-state index in [9.17, 15) is 4.79 Å². The quantitative estimate of drug-likeness (QED) is 0.487. The van der Waals surface area contributed by atoms with Crippen molar-refractivity contribution in [2.24, 2.45) is 11.8 Å². The molecule has 1 aromatic carbocycles. The van der Waals surface area contributed by atoms with Gasteiger partial charge < -0.3 is 14.9 Å². The summed E-state index contributed by atoms with van der Waals surface area (Å²) in [4.78, 5) is 25.2. The smallest absolute Gasteiger partial charge is 0.304 e. The second kappa shape index (κ2) is 9.91. The first-order valence-corrected chi connectivity index (χ1v) is 12.9. The van der Waals surface area contributed by atoms with Crippen LogP contribution in [-0.4, -0.2) is 68.4 Å². The summed E-state index contributed by atoms with van der Waals surface area (Å²) in [5.74, 6) is 1.34. The van der Waals surface area contributed by atoms with Gasteiger partial charge in [-0.25, -0.2) is 14.6 Å². The van der Waals surface area contributed by atoms with Gasteiger partial charge in [-0.05, 0) is 62.8 Å². The molecule has 0 saturated carbocycles. The number of aryl methyl sites for hydroxylation is 1. The molecule has 2 saturated heterocycles. The van der Waals surface area contributed by atoms with E-state index < -0.39 is 5.97 Å². The number of carboxylic acids is 1. The van der Waals surface area contributed by atoms with Crippen molar-refractivity contribution in [3.05, 3.63) is 45.7 Å². The van der Waals surface area contributed by atoms with Crippen molar-refractivity contribution in [1.29, 1.82) is 0 Å². The SMILES string of the molecule is Cc1nn(C(C)c2ccc(Cl)cc2Cl)c2nc(N3CC([C@H]4CCCN(CCC(=O)O)C4)C3)cnc12. The van der Waals surface area contributed by atoms with E-state index in [1.165, 1.54) is 6.42 Å². The zero-order chi connectivity index (χ0) is 24.7. The minimum absolute atomic E-state index is 0.122. The van der Waals surface area contributed by atoms with Crippen molar-refractivity contribution >= 4 is 46.2 Å². The molecule has 1 unspecified atom stereocenters. The zero-order valence-electron chi connectivity index (χ0n) is 20.0. The lowest BCUT2D eigenvalue weighted by molar-refractivity contribution is -0.137. The van der Waals surface area contributed by atoms with Crippen molar-refractivity contribution in [3.63, 3.8) is 0 Å². The number of hydrogen-bond acceptors (Lipinski definition) is 6. The summed E-state index contributed by atoms with van der Waals surface area (Å²) in [6, 6.07) is 5.39. The summed E-state index contributed by atoms with van der Waals surface area (Å²) < 4.78 is 1.90. The fourth-order valence-corrected chi connectivity index (χ4v) is 5.93. The molecule has 1 N–H and O–H groups in total. The topological polar surface area (TPSA) is 87.4 Å². The normalized spacial score (nSPS) is 20.2. The molecule has 0 spiro atoms. The maximum absolute atomic E-state index is 10.9. The number of carboxylic acid groups (broad SMARTS) is 1. The molecule has 4 heterocycles. The predicted octanol–water partition coefficient (Wildman–Crippen LogP) is 4.67. The molecular weight excluding hydrogens is 487 g/mol. The molecule has 10 heteroatoms. The maximum Gasteiger partial charge on any atom is 0.304 e. The van der Waals surface area contributed by atoms with Crippen LogP contribution in [0.1, 0.15) is 43.5 Å². The van der Waals surface area contributed by atoms with Crippen molar-refractivity contribution in [2.45, 2.75) is 39.2 Å². The Morgan fingerprint density at radius 1 is 1.23 bits per heavy atom. The fraction of sp³-hybridized carbons (Fsp3) is 0.520. The van der Waals surface area contributed by atoms with Crippen LogP contribution in [0.2, 0.25) is 10.0 Å². The number of halogens is 2. The number of aromatic nitrogens is 4. The number of carbonyl (C=O) groups is 1. The van der Waals surface area contributed by atoms with Gasteiger partial charge in [-0.3, -0.25) is 4.79 Å².